The predicted molar refractivity (Wildman–Crippen MR) is 51.8 cm³/mol. The first-order valence-corrected chi connectivity index (χ1v) is 4.10. The van der Waals surface area contributed by atoms with E-state index in [9.17, 15) is 19.7 Å². The lowest BCUT2D eigenvalue weighted by Crippen LogP contribution is -2.07. The minimum atomic E-state index is -1.41. The third-order valence-corrected chi connectivity index (χ3v) is 2.05. The molecule has 2 N–H and O–H groups in total. The highest BCUT2D eigenvalue weighted by Crippen LogP contribution is 2.24. The Labute approximate surface area is 89.1 Å². The third kappa shape index (κ3) is 1.97. The van der Waals surface area contributed by atoms with Crippen molar-refractivity contribution in [3.8, 4) is 0 Å². The number of nitro groups is 1. The van der Waals surface area contributed by atoms with Gasteiger partial charge in [-0.2, -0.15) is 0 Å². The molecule has 0 radical (unpaired) electrons. The molecule has 1 aromatic rings. The van der Waals surface area contributed by atoms with Gasteiger partial charge in [0.2, 0.25) is 0 Å². The van der Waals surface area contributed by atoms with Crippen molar-refractivity contribution in [2.45, 2.75) is 6.92 Å². The number of carboxylic acid groups (broad SMARTS) is 2. The summed E-state index contributed by atoms with van der Waals surface area (Å²) in [5.41, 5.74) is -1.39. The van der Waals surface area contributed by atoms with E-state index in [1.165, 1.54) is 6.92 Å². The molecule has 0 heterocycles. The molecule has 1 aromatic carbocycles. The molecule has 0 aliphatic heterocycles. The molecule has 0 aliphatic rings. The first-order valence-electron chi connectivity index (χ1n) is 4.10. The van der Waals surface area contributed by atoms with Crippen LogP contribution in [-0.4, -0.2) is 27.1 Å². The Bertz CT molecular complexity index is 458. The quantitative estimate of drug-likeness (QED) is 0.591. The van der Waals surface area contributed by atoms with E-state index < -0.39 is 28.1 Å². The first-order chi connectivity index (χ1) is 7.34. The Morgan fingerprint density at radius 2 is 1.81 bits per heavy atom. The summed E-state index contributed by atoms with van der Waals surface area (Å²) < 4.78 is 0. The van der Waals surface area contributed by atoms with Crippen LogP contribution >= 0.6 is 0 Å². The molecule has 7 nitrogen and oxygen atoms in total. The second-order valence-electron chi connectivity index (χ2n) is 3.04. The van der Waals surface area contributed by atoms with E-state index in [4.69, 9.17) is 10.2 Å². The molecule has 0 fully saturated rings. The molecular formula is C9H7NO6. The van der Waals surface area contributed by atoms with E-state index in [0.29, 0.717) is 0 Å². The summed E-state index contributed by atoms with van der Waals surface area (Å²) in [6, 6.07) is 1.73. The molecule has 0 amide bonds. The SMILES string of the molecule is Cc1c(C(=O)O)cc(C(=O)O)cc1[N+](=O)[O-]. The number of carbonyl (C=O) groups is 2. The number of carboxylic acids is 2. The van der Waals surface area contributed by atoms with Crippen molar-refractivity contribution in [3.63, 3.8) is 0 Å². The zero-order valence-corrected chi connectivity index (χ0v) is 8.13. The second kappa shape index (κ2) is 3.97. The minimum Gasteiger partial charge on any atom is -0.478 e. The molecule has 1 rings (SSSR count). The number of rotatable bonds is 3. The summed E-state index contributed by atoms with van der Waals surface area (Å²) in [5.74, 6) is -2.81. The van der Waals surface area contributed by atoms with Crippen LogP contribution in [0.25, 0.3) is 0 Å². The fourth-order valence-electron chi connectivity index (χ4n) is 1.23. The lowest BCUT2D eigenvalue weighted by atomic mass is 10.0. The van der Waals surface area contributed by atoms with E-state index in [2.05, 4.69) is 0 Å². The van der Waals surface area contributed by atoms with Gasteiger partial charge in [0, 0.05) is 11.6 Å². The number of hydrogen-bond donors (Lipinski definition) is 2. The highest BCUT2D eigenvalue weighted by atomic mass is 16.6. The normalized spacial score (nSPS) is 9.81. The summed E-state index contributed by atoms with van der Waals surface area (Å²) in [6.07, 6.45) is 0. The standard InChI is InChI=1S/C9H7NO6/c1-4-6(9(13)14)2-5(8(11)12)3-7(4)10(15)16/h2-3H,1H3,(H,11,12)(H,13,14). The van der Waals surface area contributed by atoms with Crippen LogP contribution in [0.5, 0.6) is 0 Å². The first kappa shape index (κ1) is 11.6. The molecule has 0 saturated carbocycles. The molecule has 7 heteroatoms. The average Bonchev–Trinajstić information content (AvgIpc) is 2.16. The van der Waals surface area contributed by atoms with Crippen LogP contribution in [0.2, 0.25) is 0 Å². The van der Waals surface area contributed by atoms with Crippen LogP contribution in [-0.2, 0) is 0 Å². The monoisotopic (exact) mass is 225 g/mol. The summed E-state index contributed by atoms with van der Waals surface area (Å²) >= 11 is 0. The zero-order chi connectivity index (χ0) is 12.5. The van der Waals surface area contributed by atoms with Crippen molar-refractivity contribution >= 4 is 17.6 Å². The third-order valence-electron chi connectivity index (χ3n) is 2.05. The number of hydrogen-bond acceptors (Lipinski definition) is 4. The molecule has 84 valence electrons. The van der Waals surface area contributed by atoms with E-state index in [0.717, 1.165) is 12.1 Å². The maximum absolute atomic E-state index is 10.8. The van der Waals surface area contributed by atoms with E-state index in [1.807, 2.05) is 0 Å². The molecule has 0 unspecified atom stereocenters. The van der Waals surface area contributed by atoms with Gasteiger partial charge in [0.25, 0.3) is 5.69 Å². The van der Waals surface area contributed by atoms with Gasteiger partial charge in [-0.3, -0.25) is 10.1 Å². The van der Waals surface area contributed by atoms with Crippen LogP contribution in [0.3, 0.4) is 0 Å². The Hall–Kier alpha value is -2.44. The van der Waals surface area contributed by atoms with Crippen LogP contribution in [0.1, 0.15) is 26.3 Å². The second-order valence-corrected chi connectivity index (χ2v) is 3.04. The molecule has 0 bridgehead atoms. The molecule has 0 saturated heterocycles. The molecule has 0 aliphatic carbocycles. The maximum Gasteiger partial charge on any atom is 0.336 e. The summed E-state index contributed by atoms with van der Waals surface area (Å²) in [6.45, 7) is 1.26. The van der Waals surface area contributed by atoms with Crippen molar-refractivity contribution in [2.24, 2.45) is 0 Å². The van der Waals surface area contributed by atoms with Gasteiger partial charge in [-0.15, -0.1) is 0 Å². The Kier molecular flexibility index (Phi) is 2.89. The topological polar surface area (TPSA) is 118 Å². The minimum absolute atomic E-state index is 0.0671. The van der Waals surface area contributed by atoms with Gasteiger partial charge in [-0.25, -0.2) is 9.59 Å². The number of aromatic carboxylic acids is 2. The van der Waals surface area contributed by atoms with Crippen LogP contribution in [0.15, 0.2) is 12.1 Å². The smallest absolute Gasteiger partial charge is 0.336 e. The molecule has 0 aromatic heterocycles. The van der Waals surface area contributed by atoms with Crippen molar-refractivity contribution in [2.75, 3.05) is 0 Å². The molecular weight excluding hydrogens is 218 g/mol. The lowest BCUT2D eigenvalue weighted by molar-refractivity contribution is -0.385. The van der Waals surface area contributed by atoms with Crippen molar-refractivity contribution in [3.05, 3.63) is 38.9 Å². The van der Waals surface area contributed by atoms with Gasteiger partial charge < -0.3 is 10.2 Å². The van der Waals surface area contributed by atoms with Gasteiger partial charge in [0.05, 0.1) is 16.1 Å². The van der Waals surface area contributed by atoms with Crippen LogP contribution < -0.4 is 0 Å². The summed E-state index contributed by atoms with van der Waals surface area (Å²) in [4.78, 5) is 31.2. The van der Waals surface area contributed by atoms with Crippen LogP contribution in [0.4, 0.5) is 5.69 Å². The fraction of sp³-hybridized carbons (Fsp3) is 0.111. The fourth-order valence-corrected chi connectivity index (χ4v) is 1.23. The average molecular weight is 225 g/mol. The van der Waals surface area contributed by atoms with E-state index in [1.54, 1.807) is 0 Å². The van der Waals surface area contributed by atoms with Gasteiger partial charge in [0.1, 0.15) is 0 Å². The number of benzene rings is 1. The largest absolute Gasteiger partial charge is 0.478 e. The van der Waals surface area contributed by atoms with E-state index in [-0.39, 0.29) is 11.1 Å². The van der Waals surface area contributed by atoms with E-state index >= 15 is 0 Å². The lowest BCUT2D eigenvalue weighted by Gasteiger charge is -2.03. The Morgan fingerprint density at radius 3 is 2.19 bits per heavy atom. The number of nitro benzene ring substituents is 1. The van der Waals surface area contributed by atoms with Crippen molar-refractivity contribution < 1.29 is 24.7 Å². The van der Waals surface area contributed by atoms with Crippen molar-refractivity contribution in [1.82, 2.24) is 0 Å². The molecule has 0 atom stereocenters. The number of nitrogens with zero attached hydrogens (tertiary/aromatic N) is 1. The molecule has 16 heavy (non-hydrogen) atoms. The Morgan fingerprint density at radius 1 is 1.25 bits per heavy atom. The predicted octanol–water partition coefficient (Wildman–Crippen LogP) is 1.30. The van der Waals surface area contributed by atoms with Gasteiger partial charge in [-0.05, 0) is 13.0 Å². The highest BCUT2D eigenvalue weighted by Gasteiger charge is 2.21. The molecule has 0 spiro atoms. The summed E-state index contributed by atoms with van der Waals surface area (Å²) in [7, 11) is 0. The van der Waals surface area contributed by atoms with Gasteiger partial charge in [0.15, 0.2) is 0 Å². The summed E-state index contributed by atoms with van der Waals surface area (Å²) in [5, 5.41) is 28.0. The highest BCUT2D eigenvalue weighted by molar-refractivity contribution is 5.96. The maximum atomic E-state index is 10.8. The van der Waals surface area contributed by atoms with Gasteiger partial charge in [-0.1, -0.05) is 0 Å². The van der Waals surface area contributed by atoms with Crippen LogP contribution in [0, 0.1) is 17.0 Å². The van der Waals surface area contributed by atoms with Crippen molar-refractivity contribution in [1.29, 1.82) is 0 Å². The van der Waals surface area contributed by atoms with Gasteiger partial charge >= 0.3 is 11.9 Å². The Balaban J connectivity index is 3.57. The zero-order valence-electron chi connectivity index (χ0n) is 8.13.